The van der Waals surface area contributed by atoms with Crippen molar-refractivity contribution in [2.24, 2.45) is 5.10 Å². The smallest absolute Gasteiger partial charge is 0.268 e. The highest BCUT2D eigenvalue weighted by atomic mass is 32.2. The topological polar surface area (TPSA) is 90.9 Å². The molecule has 7 nitrogen and oxygen atoms in total. The summed E-state index contributed by atoms with van der Waals surface area (Å²) in [4.78, 5) is 34.3. The van der Waals surface area contributed by atoms with Crippen LogP contribution < -0.4 is 10.6 Å². The first-order valence-corrected chi connectivity index (χ1v) is 7.04. The predicted octanol–water partition coefficient (Wildman–Crippen LogP) is 0.794. The van der Waals surface area contributed by atoms with Gasteiger partial charge in [0.15, 0.2) is 5.17 Å². The minimum atomic E-state index is -1.29. The molecular weight excluding hydrogens is 292 g/mol. The number of fused-ring (bicyclic) bond motifs is 2. The quantitative estimate of drug-likeness (QED) is 0.741. The second-order valence-electron chi connectivity index (χ2n) is 4.66. The lowest BCUT2D eigenvalue weighted by molar-refractivity contribution is -0.138. The largest absolute Gasteiger partial charge is 0.322 e. The summed E-state index contributed by atoms with van der Waals surface area (Å²) in [6.07, 6.45) is 0. The van der Waals surface area contributed by atoms with Crippen LogP contribution in [0.5, 0.6) is 0 Å². The molecule has 0 fully saturated rings. The Hall–Kier alpha value is -2.35. The average molecular weight is 304 g/mol. The van der Waals surface area contributed by atoms with Gasteiger partial charge in [-0.15, -0.1) is 5.10 Å². The zero-order valence-corrected chi connectivity index (χ0v) is 12.2. The van der Waals surface area contributed by atoms with Crippen LogP contribution in [0, 0.1) is 0 Å². The number of rotatable bonds is 0. The van der Waals surface area contributed by atoms with Crippen LogP contribution in [-0.2, 0) is 19.3 Å². The summed E-state index contributed by atoms with van der Waals surface area (Å²) in [6.45, 7) is 2.67. The second kappa shape index (κ2) is 4.59. The van der Waals surface area contributed by atoms with Gasteiger partial charge in [-0.3, -0.25) is 14.4 Å². The van der Waals surface area contributed by atoms with Gasteiger partial charge >= 0.3 is 0 Å². The Morgan fingerprint density at radius 3 is 2.71 bits per heavy atom. The molecule has 3 rings (SSSR count). The van der Waals surface area contributed by atoms with E-state index >= 15 is 0 Å². The van der Waals surface area contributed by atoms with Crippen LogP contribution in [-0.4, -0.2) is 27.9 Å². The van der Waals surface area contributed by atoms with Gasteiger partial charge in [0.2, 0.25) is 16.7 Å². The maximum atomic E-state index is 12.5. The van der Waals surface area contributed by atoms with Gasteiger partial charge in [0, 0.05) is 25.1 Å². The molecule has 108 valence electrons. The number of hydrogen-bond donors (Lipinski definition) is 2. The third-order valence-corrected chi connectivity index (χ3v) is 4.41. The van der Waals surface area contributed by atoms with Gasteiger partial charge in [0.1, 0.15) is 0 Å². The monoisotopic (exact) mass is 304 g/mol. The number of nitrogens with one attached hydrogen (secondary N) is 2. The van der Waals surface area contributed by atoms with Crippen molar-refractivity contribution in [2.75, 3.05) is 5.32 Å². The molecule has 1 aromatic carbocycles. The molecule has 2 aliphatic rings. The summed E-state index contributed by atoms with van der Waals surface area (Å²) < 4.78 is 0. The van der Waals surface area contributed by atoms with Crippen molar-refractivity contribution >= 4 is 40.3 Å². The molecule has 21 heavy (non-hydrogen) atoms. The zero-order chi connectivity index (χ0) is 15.2. The van der Waals surface area contributed by atoms with Crippen molar-refractivity contribution in [3.05, 3.63) is 29.8 Å². The van der Waals surface area contributed by atoms with Gasteiger partial charge in [-0.2, -0.15) is 5.01 Å². The highest BCUT2D eigenvalue weighted by molar-refractivity contribution is 8.15. The lowest BCUT2D eigenvalue weighted by Gasteiger charge is -2.28. The minimum Gasteiger partial charge on any atom is -0.322 e. The number of thioether (sulfide) groups is 1. The zero-order valence-electron chi connectivity index (χ0n) is 11.3. The normalized spacial score (nSPS) is 22.9. The first-order chi connectivity index (χ1) is 9.95. The summed E-state index contributed by atoms with van der Waals surface area (Å²) in [7, 11) is 0. The predicted molar refractivity (Wildman–Crippen MR) is 78.1 cm³/mol. The second-order valence-corrected chi connectivity index (χ2v) is 5.84. The standard InChI is InChI=1S/C13H12N4O3S/c1-7(18)14-12-16-17(8(2)19)13(21-12)9-5-3-4-6-10(9)15-11(13)20/h3-6H,1-2H3,(H,15,20)(H,14,16,18)/t13-/m1/s1. The van der Waals surface area contributed by atoms with Crippen LogP contribution in [0.1, 0.15) is 19.4 Å². The molecule has 1 atom stereocenters. The van der Waals surface area contributed by atoms with Crippen LogP contribution in [0.15, 0.2) is 29.4 Å². The number of anilines is 1. The molecule has 3 amide bonds. The molecule has 1 aromatic rings. The fourth-order valence-electron chi connectivity index (χ4n) is 2.39. The Kier molecular flexibility index (Phi) is 2.98. The fourth-order valence-corrected chi connectivity index (χ4v) is 3.67. The molecule has 0 saturated carbocycles. The minimum absolute atomic E-state index is 0.226. The van der Waals surface area contributed by atoms with Crippen molar-refractivity contribution < 1.29 is 14.4 Å². The van der Waals surface area contributed by atoms with Crippen LogP contribution in [0.2, 0.25) is 0 Å². The van der Waals surface area contributed by atoms with E-state index in [1.807, 2.05) is 0 Å². The molecule has 2 N–H and O–H groups in total. The van der Waals surface area contributed by atoms with Crippen molar-refractivity contribution in [1.82, 2.24) is 10.3 Å². The van der Waals surface area contributed by atoms with Gasteiger partial charge in [-0.05, 0) is 17.8 Å². The lowest BCUT2D eigenvalue weighted by atomic mass is 10.1. The molecule has 2 heterocycles. The summed E-state index contributed by atoms with van der Waals surface area (Å²) in [5, 5.41) is 10.7. The van der Waals surface area contributed by atoms with E-state index in [2.05, 4.69) is 15.7 Å². The molecule has 0 aliphatic carbocycles. The Bertz CT molecular complexity index is 702. The summed E-state index contributed by atoms with van der Waals surface area (Å²) in [6, 6.07) is 7.11. The van der Waals surface area contributed by atoms with E-state index < -0.39 is 4.87 Å². The summed E-state index contributed by atoms with van der Waals surface area (Å²) >= 11 is 1.05. The Labute approximate surface area is 124 Å². The van der Waals surface area contributed by atoms with E-state index in [0.717, 1.165) is 16.8 Å². The molecule has 8 heteroatoms. The van der Waals surface area contributed by atoms with Gasteiger partial charge < -0.3 is 10.6 Å². The Morgan fingerprint density at radius 1 is 1.33 bits per heavy atom. The van der Waals surface area contributed by atoms with Crippen molar-refractivity contribution in [1.29, 1.82) is 0 Å². The summed E-state index contributed by atoms with van der Waals surface area (Å²) in [5.41, 5.74) is 1.29. The highest BCUT2D eigenvalue weighted by Crippen LogP contribution is 2.51. The number of hydrogen-bond acceptors (Lipinski definition) is 5. The van der Waals surface area contributed by atoms with E-state index in [-0.39, 0.29) is 22.9 Å². The van der Waals surface area contributed by atoms with Crippen LogP contribution in [0.4, 0.5) is 5.69 Å². The molecule has 0 saturated heterocycles. The molecule has 2 aliphatic heterocycles. The van der Waals surface area contributed by atoms with Crippen molar-refractivity contribution in [3.63, 3.8) is 0 Å². The van der Waals surface area contributed by atoms with Gasteiger partial charge in [0.25, 0.3) is 5.91 Å². The number of para-hydroxylation sites is 1. The number of carbonyl (C=O) groups excluding carboxylic acids is 3. The maximum absolute atomic E-state index is 12.5. The van der Waals surface area contributed by atoms with E-state index in [1.165, 1.54) is 13.8 Å². The van der Waals surface area contributed by atoms with E-state index in [1.54, 1.807) is 24.3 Å². The SMILES string of the molecule is CC(=O)NC1=NN(C(C)=O)[C@]2(S1)C(=O)Nc1ccccc12. The van der Waals surface area contributed by atoms with Gasteiger partial charge in [-0.1, -0.05) is 18.2 Å². The van der Waals surface area contributed by atoms with Crippen LogP contribution in [0.3, 0.4) is 0 Å². The molecule has 0 unspecified atom stereocenters. The maximum Gasteiger partial charge on any atom is 0.268 e. The number of amides is 3. The fraction of sp³-hybridized carbons (Fsp3) is 0.231. The molecule has 0 radical (unpaired) electrons. The highest BCUT2D eigenvalue weighted by Gasteiger charge is 2.58. The summed E-state index contributed by atoms with van der Waals surface area (Å²) in [5.74, 6) is -1.05. The van der Waals surface area contributed by atoms with E-state index in [9.17, 15) is 14.4 Å². The Morgan fingerprint density at radius 2 is 2.05 bits per heavy atom. The van der Waals surface area contributed by atoms with Gasteiger partial charge in [-0.25, -0.2) is 0 Å². The average Bonchev–Trinajstić information content (AvgIpc) is 2.91. The lowest BCUT2D eigenvalue weighted by Crippen LogP contribution is -2.45. The number of benzene rings is 1. The van der Waals surface area contributed by atoms with E-state index in [0.29, 0.717) is 11.3 Å². The molecular formula is C13H12N4O3S. The third-order valence-electron chi connectivity index (χ3n) is 3.16. The Balaban J connectivity index is 2.11. The van der Waals surface area contributed by atoms with Crippen LogP contribution >= 0.6 is 11.8 Å². The first-order valence-electron chi connectivity index (χ1n) is 6.22. The van der Waals surface area contributed by atoms with Gasteiger partial charge in [0.05, 0.1) is 0 Å². The number of nitrogens with zero attached hydrogens (tertiary/aromatic N) is 2. The molecule has 1 spiro atoms. The van der Waals surface area contributed by atoms with Crippen molar-refractivity contribution in [3.8, 4) is 0 Å². The van der Waals surface area contributed by atoms with Crippen LogP contribution in [0.25, 0.3) is 0 Å². The first kappa shape index (κ1) is 13.6. The van der Waals surface area contributed by atoms with E-state index in [4.69, 9.17) is 0 Å². The molecule has 0 aromatic heterocycles. The van der Waals surface area contributed by atoms with Crippen molar-refractivity contribution in [2.45, 2.75) is 18.7 Å². The number of amidine groups is 1. The molecule has 0 bridgehead atoms. The number of carbonyl (C=O) groups is 3. The third kappa shape index (κ3) is 1.90. The number of hydrazone groups is 1.